The Kier molecular flexibility index (Phi) is 7.82. The summed E-state index contributed by atoms with van der Waals surface area (Å²) < 4.78 is 5.86. The number of amides is 1. The molecule has 5 rings (SSSR count). The Balaban J connectivity index is 1.31. The molecule has 3 aromatic heterocycles. The average Bonchev–Trinajstić information content (AvgIpc) is 3.27. The third-order valence-electron chi connectivity index (χ3n) is 6.05. The number of carbonyl (C=O) groups is 1. The number of likely N-dealkylation sites (N-methyl/N-ethyl adjacent to an activating group) is 1. The van der Waals surface area contributed by atoms with Gasteiger partial charge in [-0.1, -0.05) is 17.7 Å². The maximum absolute atomic E-state index is 12.7. The molecule has 0 spiro atoms. The molecule has 0 radical (unpaired) electrons. The molecule has 38 heavy (non-hydrogen) atoms. The predicted octanol–water partition coefficient (Wildman–Crippen LogP) is 4.77. The number of aryl methyl sites for hydroxylation is 1. The highest BCUT2D eigenvalue weighted by Crippen LogP contribution is 2.38. The smallest absolute Gasteiger partial charge is 0.246 e. The number of anilines is 2. The third kappa shape index (κ3) is 5.93. The summed E-state index contributed by atoms with van der Waals surface area (Å²) in [6.07, 6.45) is 9.24. The fourth-order valence-electron chi connectivity index (χ4n) is 4.25. The Hall–Kier alpha value is -3.60. The van der Waals surface area contributed by atoms with Gasteiger partial charge in [0.05, 0.1) is 34.5 Å². The first kappa shape index (κ1) is 26.0. The van der Waals surface area contributed by atoms with Gasteiger partial charge in [0.15, 0.2) is 0 Å². The van der Waals surface area contributed by atoms with Crippen LogP contribution >= 0.6 is 22.9 Å². The Bertz CT molecular complexity index is 1500. The van der Waals surface area contributed by atoms with Crippen LogP contribution in [0.15, 0.2) is 49.1 Å². The van der Waals surface area contributed by atoms with E-state index in [0.29, 0.717) is 23.9 Å². The summed E-state index contributed by atoms with van der Waals surface area (Å²) in [5.41, 5.74) is 3.55. The first-order valence-corrected chi connectivity index (χ1v) is 13.4. The Morgan fingerprint density at radius 3 is 2.95 bits per heavy atom. The molecule has 0 unspecified atom stereocenters. The van der Waals surface area contributed by atoms with Gasteiger partial charge >= 0.3 is 0 Å². The monoisotopic (exact) mass is 549 g/mol. The van der Waals surface area contributed by atoms with Crippen molar-refractivity contribution in [2.75, 3.05) is 32.5 Å². The van der Waals surface area contributed by atoms with Crippen LogP contribution in [0.25, 0.3) is 10.2 Å². The van der Waals surface area contributed by atoms with Crippen LogP contribution in [-0.4, -0.2) is 62.8 Å². The first-order valence-electron chi connectivity index (χ1n) is 12.2. The molecule has 0 saturated carbocycles. The summed E-state index contributed by atoms with van der Waals surface area (Å²) in [7, 11) is 3.95. The molecular formula is C27H28ClN7O2S. The molecule has 0 saturated heterocycles. The molecule has 1 aliphatic heterocycles. The second-order valence-electron chi connectivity index (χ2n) is 9.29. The minimum absolute atomic E-state index is 0.0331. The number of hydrogen-bond donors (Lipinski definition) is 1. The summed E-state index contributed by atoms with van der Waals surface area (Å²) in [5, 5.41) is 4.88. The zero-order valence-electron chi connectivity index (χ0n) is 21.4. The normalized spacial score (nSPS) is 13.3. The molecule has 11 heteroatoms. The molecule has 0 aliphatic carbocycles. The van der Waals surface area contributed by atoms with E-state index in [4.69, 9.17) is 16.3 Å². The van der Waals surface area contributed by atoms with E-state index in [1.54, 1.807) is 36.1 Å². The second-order valence-corrected chi connectivity index (χ2v) is 10.8. The van der Waals surface area contributed by atoms with Crippen molar-refractivity contribution in [1.29, 1.82) is 0 Å². The van der Waals surface area contributed by atoms with Crippen LogP contribution in [0.4, 0.5) is 11.5 Å². The highest BCUT2D eigenvalue weighted by atomic mass is 35.5. The van der Waals surface area contributed by atoms with Gasteiger partial charge in [0.1, 0.15) is 29.3 Å². The lowest BCUT2D eigenvalue weighted by Gasteiger charge is -2.26. The number of aromatic nitrogens is 4. The summed E-state index contributed by atoms with van der Waals surface area (Å²) in [4.78, 5) is 36.2. The number of fused-ring (bicyclic) bond motifs is 3. The molecule has 9 nitrogen and oxygen atoms in total. The standard InChI is InChI=1S/C27H28ClN7O2S/c1-17-12-29-13-19(32-17)15-37-22-7-6-18(11-21(22)28)33-26-25-20-8-10-35(24(36)5-4-9-34(2)3)14-23(20)38-27(25)31-16-30-26/h4-7,11-13,16H,8-10,14-15H2,1-3H3,(H,30,31,33)/b5-4+. The number of nitrogens with zero attached hydrogens (tertiary/aromatic N) is 6. The molecule has 1 amide bonds. The van der Waals surface area contributed by atoms with Crippen LogP contribution in [0.1, 0.15) is 21.8 Å². The van der Waals surface area contributed by atoms with Gasteiger partial charge in [0.2, 0.25) is 5.91 Å². The topological polar surface area (TPSA) is 96.4 Å². The van der Waals surface area contributed by atoms with Crippen molar-refractivity contribution in [2.24, 2.45) is 0 Å². The molecule has 1 N–H and O–H groups in total. The van der Waals surface area contributed by atoms with E-state index in [1.807, 2.05) is 55.1 Å². The van der Waals surface area contributed by atoms with Gasteiger partial charge in [0.25, 0.3) is 0 Å². The molecule has 196 valence electrons. The van der Waals surface area contributed by atoms with Crippen LogP contribution in [-0.2, 0) is 24.4 Å². The fraction of sp³-hybridized carbons (Fsp3) is 0.296. The van der Waals surface area contributed by atoms with Gasteiger partial charge in [0, 0.05) is 35.9 Å². The molecule has 4 aromatic rings. The average molecular weight is 550 g/mol. The van der Waals surface area contributed by atoms with E-state index < -0.39 is 0 Å². The quantitative estimate of drug-likeness (QED) is 0.314. The van der Waals surface area contributed by atoms with Gasteiger partial charge < -0.3 is 19.9 Å². The van der Waals surface area contributed by atoms with Gasteiger partial charge in [-0.25, -0.2) is 9.97 Å². The van der Waals surface area contributed by atoms with Crippen molar-refractivity contribution in [3.05, 3.63) is 75.9 Å². The van der Waals surface area contributed by atoms with E-state index in [-0.39, 0.29) is 12.5 Å². The van der Waals surface area contributed by atoms with Gasteiger partial charge in [-0.05, 0) is 51.2 Å². The van der Waals surface area contributed by atoms with Crippen LogP contribution in [0.3, 0.4) is 0 Å². The molecule has 0 bridgehead atoms. The lowest BCUT2D eigenvalue weighted by atomic mass is 10.0. The summed E-state index contributed by atoms with van der Waals surface area (Å²) in [6.45, 7) is 4.13. The Labute approximate surface area is 230 Å². The van der Waals surface area contributed by atoms with Crippen molar-refractivity contribution in [2.45, 2.75) is 26.5 Å². The van der Waals surface area contributed by atoms with E-state index >= 15 is 0 Å². The van der Waals surface area contributed by atoms with E-state index in [2.05, 4.69) is 25.3 Å². The number of benzene rings is 1. The lowest BCUT2D eigenvalue weighted by Crippen LogP contribution is -2.34. The third-order valence-corrected chi connectivity index (χ3v) is 7.47. The van der Waals surface area contributed by atoms with Crippen molar-refractivity contribution in [3.8, 4) is 5.75 Å². The van der Waals surface area contributed by atoms with Gasteiger partial charge in [-0.3, -0.25) is 14.8 Å². The summed E-state index contributed by atoms with van der Waals surface area (Å²) in [6, 6.07) is 5.53. The largest absolute Gasteiger partial charge is 0.486 e. The number of carbonyl (C=O) groups excluding carboxylic acids is 1. The van der Waals surface area contributed by atoms with Crippen molar-refractivity contribution in [1.82, 2.24) is 29.7 Å². The highest BCUT2D eigenvalue weighted by molar-refractivity contribution is 7.19. The predicted molar refractivity (Wildman–Crippen MR) is 150 cm³/mol. The van der Waals surface area contributed by atoms with Crippen LogP contribution < -0.4 is 10.1 Å². The van der Waals surface area contributed by atoms with E-state index in [1.165, 1.54) is 5.56 Å². The number of nitrogens with one attached hydrogen (secondary N) is 1. The van der Waals surface area contributed by atoms with Crippen LogP contribution in [0.5, 0.6) is 5.75 Å². The minimum atomic E-state index is 0.0331. The summed E-state index contributed by atoms with van der Waals surface area (Å²) >= 11 is 8.14. The molecule has 1 aliphatic rings. The zero-order valence-corrected chi connectivity index (χ0v) is 23.0. The van der Waals surface area contributed by atoms with Gasteiger partial charge in [-0.15, -0.1) is 11.3 Å². The second kappa shape index (κ2) is 11.4. The van der Waals surface area contributed by atoms with Crippen LogP contribution in [0.2, 0.25) is 5.02 Å². The Morgan fingerprint density at radius 2 is 2.16 bits per heavy atom. The van der Waals surface area contributed by atoms with Crippen molar-refractivity contribution in [3.63, 3.8) is 0 Å². The molecule has 0 fully saturated rings. The SMILES string of the molecule is Cc1cncc(COc2ccc(Nc3ncnc4sc5c(c34)CCN(C(=O)/C=C/CN(C)C)C5)cc2Cl)n1. The summed E-state index contributed by atoms with van der Waals surface area (Å²) in [5.74, 6) is 1.31. The molecule has 4 heterocycles. The zero-order chi connectivity index (χ0) is 26.6. The lowest BCUT2D eigenvalue weighted by molar-refractivity contribution is -0.126. The highest BCUT2D eigenvalue weighted by Gasteiger charge is 2.25. The first-order chi connectivity index (χ1) is 18.4. The molecule has 1 aromatic carbocycles. The minimum Gasteiger partial charge on any atom is -0.486 e. The maximum Gasteiger partial charge on any atom is 0.246 e. The number of thiophene rings is 1. The van der Waals surface area contributed by atoms with Crippen molar-refractivity contribution < 1.29 is 9.53 Å². The number of ether oxygens (including phenoxy) is 1. The van der Waals surface area contributed by atoms with Gasteiger partial charge in [-0.2, -0.15) is 0 Å². The fourth-order valence-corrected chi connectivity index (χ4v) is 5.69. The number of halogens is 1. The van der Waals surface area contributed by atoms with Crippen molar-refractivity contribution >= 4 is 50.6 Å². The van der Waals surface area contributed by atoms with E-state index in [9.17, 15) is 4.79 Å². The molecule has 0 atom stereocenters. The maximum atomic E-state index is 12.7. The van der Waals surface area contributed by atoms with E-state index in [0.717, 1.165) is 51.0 Å². The Morgan fingerprint density at radius 1 is 1.29 bits per heavy atom. The number of hydrogen-bond acceptors (Lipinski definition) is 9. The molecular weight excluding hydrogens is 522 g/mol. The number of rotatable bonds is 8. The van der Waals surface area contributed by atoms with Crippen LogP contribution in [0, 0.1) is 6.92 Å².